The summed E-state index contributed by atoms with van der Waals surface area (Å²) < 4.78 is 14.2. The van der Waals surface area contributed by atoms with E-state index in [9.17, 15) is 9.18 Å². The van der Waals surface area contributed by atoms with Crippen LogP contribution in [0.3, 0.4) is 0 Å². The SMILES string of the molecule is CC1CCCC(Nc2ccc(C(=O)O)c(Br)c2F)CC1. The molecule has 2 atom stereocenters. The molecule has 0 spiro atoms. The van der Waals surface area contributed by atoms with E-state index in [4.69, 9.17) is 5.11 Å². The van der Waals surface area contributed by atoms with E-state index >= 15 is 0 Å². The van der Waals surface area contributed by atoms with Crippen molar-refractivity contribution in [3.63, 3.8) is 0 Å². The standard InChI is InChI=1S/C15H19BrFNO2/c1-9-3-2-4-10(6-5-9)18-12-8-7-11(15(19)20)13(16)14(12)17/h7-10,18H,2-6H2,1H3,(H,19,20). The van der Waals surface area contributed by atoms with Crippen molar-refractivity contribution in [2.75, 3.05) is 5.32 Å². The Hall–Kier alpha value is -1.10. The molecule has 0 saturated heterocycles. The van der Waals surface area contributed by atoms with E-state index in [1.807, 2.05) is 0 Å². The first-order valence-corrected chi connectivity index (χ1v) is 7.76. The highest BCUT2D eigenvalue weighted by Crippen LogP contribution is 2.30. The van der Waals surface area contributed by atoms with Gasteiger partial charge in [-0.25, -0.2) is 9.18 Å². The number of carbonyl (C=O) groups is 1. The maximum atomic E-state index is 14.2. The van der Waals surface area contributed by atoms with Gasteiger partial charge in [-0.1, -0.05) is 19.8 Å². The van der Waals surface area contributed by atoms with Crippen LogP contribution in [-0.4, -0.2) is 17.1 Å². The summed E-state index contributed by atoms with van der Waals surface area (Å²) in [4.78, 5) is 10.9. The van der Waals surface area contributed by atoms with E-state index in [0.717, 1.165) is 31.6 Å². The van der Waals surface area contributed by atoms with Crippen molar-refractivity contribution in [1.82, 2.24) is 0 Å². The fourth-order valence-electron chi connectivity index (χ4n) is 2.68. The first-order chi connectivity index (χ1) is 9.49. The second-order valence-electron chi connectivity index (χ2n) is 5.55. The molecule has 1 aromatic carbocycles. The lowest BCUT2D eigenvalue weighted by Crippen LogP contribution is -2.19. The molecule has 2 rings (SSSR count). The van der Waals surface area contributed by atoms with Gasteiger partial charge in [0.25, 0.3) is 0 Å². The van der Waals surface area contributed by atoms with Gasteiger partial charge in [-0.15, -0.1) is 0 Å². The molecule has 0 aromatic heterocycles. The summed E-state index contributed by atoms with van der Waals surface area (Å²) in [5, 5.41) is 12.2. The second kappa shape index (κ2) is 6.57. The summed E-state index contributed by atoms with van der Waals surface area (Å²) in [7, 11) is 0. The smallest absolute Gasteiger partial charge is 0.336 e. The van der Waals surface area contributed by atoms with Crippen LogP contribution in [-0.2, 0) is 0 Å². The first-order valence-electron chi connectivity index (χ1n) is 6.97. The zero-order chi connectivity index (χ0) is 14.7. The van der Waals surface area contributed by atoms with Gasteiger partial charge in [-0.3, -0.25) is 0 Å². The summed E-state index contributed by atoms with van der Waals surface area (Å²) in [6.07, 6.45) is 5.58. The molecule has 1 saturated carbocycles. The zero-order valence-electron chi connectivity index (χ0n) is 11.5. The van der Waals surface area contributed by atoms with Gasteiger partial charge in [0.05, 0.1) is 15.7 Å². The number of carboxylic acid groups (broad SMARTS) is 1. The Morgan fingerprint density at radius 1 is 1.35 bits per heavy atom. The van der Waals surface area contributed by atoms with Crippen molar-refractivity contribution in [3.05, 3.63) is 28.0 Å². The third-order valence-corrected chi connectivity index (χ3v) is 4.71. The molecule has 0 bridgehead atoms. The Morgan fingerprint density at radius 3 is 2.80 bits per heavy atom. The molecule has 1 aromatic rings. The molecule has 5 heteroatoms. The molecule has 1 aliphatic rings. The van der Waals surface area contributed by atoms with Crippen LogP contribution >= 0.6 is 15.9 Å². The molecule has 0 heterocycles. The summed E-state index contributed by atoms with van der Waals surface area (Å²) in [5.41, 5.74) is 0.323. The predicted octanol–water partition coefficient (Wildman–Crippen LogP) is 4.67. The highest BCUT2D eigenvalue weighted by atomic mass is 79.9. The minimum atomic E-state index is -1.13. The van der Waals surface area contributed by atoms with Crippen molar-refractivity contribution in [1.29, 1.82) is 0 Å². The fraction of sp³-hybridized carbons (Fsp3) is 0.533. The van der Waals surface area contributed by atoms with E-state index in [2.05, 4.69) is 28.2 Å². The Bertz CT molecular complexity index is 507. The number of halogens is 2. The Balaban J connectivity index is 2.13. The molecule has 0 aliphatic heterocycles. The number of hydrogen-bond donors (Lipinski definition) is 2. The van der Waals surface area contributed by atoms with E-state index in [0.29, 0.717) is 5.69 Å². The van der Waals surface area contributed by atoms with Crippen LogP contribution in [0.15, 0.2) is 16.6 Å². The van der Waals surface area contributed by atoms with Crippen LogP contribution in [0.1, 0.15) is 49.4 Å². The highest BCUT2D eigenvalue weighted by molar-refractivity contribution is 9.10. The number of benzene rings is 1. The molecule has 2 N–H and O–H groups in total. The molecule has 0 radical (unpaired) electrons. The summed E-state index contributed by atoms with van der Waals surface area (Å²) in [5.74, 6) is -0.930. The molecule has 110 valence electrons. The maximum absolute atomic E-state index is 14.2. The molecular weight excluding hydrogens is 325 g/mol. The average molecular weight is 344 g/mol. The van der Waals surface area contributed by atoms with Gasteiger partial charge in [-0.05, 0) is 53.2 Å². The van der Waals surface area contributed by atoms with Crippen molar-refractivity contribution >= 4 is 27.6 Å². The number of nitrogens with one attached hydrogen (secondary N) is 1. The van der Waals surface area contributed by atoms with Gasteiger partial charge in [0.1, 0.15) is 0 Å². The lowest BCUT2D eigenvalue weighted by molar-refractivity contribution is 0.0695. The Morgan fingerprint density at radius 2 is 2.10 bits per heavy atom. The van der Waals surface area contributed by atoms with Gasteiger partial charge in [0, 0.05) is 6.04 Å². The van der Waals surface area contributed by atoms with Gasteiger partial charge < -0.3 is 10.4 Å². The molecule has 3 nitrogen and oxygen atoms in total. The van der Waals surface area contributed by atoms with Gasteiger partial charge in [-0.2, -0.15) is 0 Å². The highest BCUT2D eigenvalue weighted by Gasteiger charge is 2.20. The zero-order valence-corrected chi connectivity index (χ0v) is 13.0. The summed E-state index contributed by atoms with van der Waals surface area (Å²) >= 11 is 3.03. The average Bonchev–Trinajstić information content (AvgIpc) is 2.60. The van der Waals surface area contributed by atoms with Crippen molar-refractivity contribution in [2.24, 2.45) is 5.92 Å². The maximum Gasteiger partial charge on any atom is 0.336 e. The number of hydrogen-bond acceptors (Lipinski definition) is 2. The fourth-order valence-corrected chi connectivity index (χ4v) is 3.19. The van der Waals surface area contributed by atoms with Crippen LogP contribution in [0.2, 0.25) is 0 Å². The Labute approximate surface area is 126 Å². The lowest BCUT2D eigenvalue weighted by atomic mass is 10.0. The third kappa shape index (κ3) is 3.51. The van der Waals surface area contributed by atoms with Crippen LogP contribution in [0, 0.1) is 11.7 Å². The molecule has 0 amide bonds. The van der Waals surface area contributed by atoms with E-state index in [1.54, 1.807) is 0 Å². The van der Waals surface area contributed by atoms with Crippen molar-refractivity contribution in [2.45, 2.75) is 45.1 Å². The predicted molar refractivity (Wildman–Crippen MR) is 80.7 cm³/mol. The van der Waals surface area contributed by atoms with Crippen LogP contribution in [0.5, 0.6) is 0 Å². The minimum Gasteiger partial charge on any atom is -0.478 e. The molecule has 2 unspecified atom stereocenters. The quantitative estimate of drug-likeness (QED) is 0.784. The van der Waals surface area contributed by atoms with Crippen molar-refractivity contribution < 1.29 is 14.3 Å². The van der Waals surface area contributed by atoms with Crippen LogP contribution < -0.4 is 5.32 Å². The molecular formula is C15H19BrFNO2. The summed E-state index contributed by atoms with van der Waals surface area (Å²) in [6, 6.07) is 3.20. The van der Waals surface area contributed by atoms with Gasteiger partial charge in [0.15, 0.2) is 5.82 Å². The normalized spacial score (nSPS) is 23.1. The third-order valence-electron chi connectivity index (χ3n) is 3.93. The topological polar surface area (TPSA) is 49.3 Å². The van der Waals surface area contributed by atoms with Crippen LogP contribution in [0.4, 0.5) is 10.1 Å². The summed E-state index contributed by atoms with van der Waals surface area (Å²) in [6.45, 7) is 2.25. The Kier molecular flexibility index (Phi) is 5.02. The molecule has 1 fully saturated rings. The van der Waals surface area contributed by atoms with E-state index < -0.39 is 11.8 Å². The number of aromatic carboxylic acids is 1. The number of anilines is 1. The van der Waals surface area contributed by atoms with Crippen LogP contribution in [0.25, 0.3) is 0 Å². The number of carboxylic acids is 1. The molecule has 1 aliphatic carbocycles. The van der Waals surface area contributed by atoms with Gasteiger partial charge in [0.2, 0.25) is 0 Å². The monoisotopic (exact) mass is 343 g/mol. The largest absolute Gasteiger partial charge is 0.478 e. The van der Waals surface area contributed by atoms with E-state index in [-0.39, 0.29) is 16.1 Å². The van der Waals surface area contributed by atoms with Crippen molar-refractivity contribution in [3.8, 4) is 0 Å². The minimum absolute atomic E-state index is 0.0111. The second-order valence-corrected chi connectivity index (χ2v) is 6.34. The van der Waals surface area contributed by atoms with Gasteiger partial charge >= 0.3 is 5.97 Å². The first kappa shape index (κ1) is 15.3. The lowest BCUT2D eigenvalue weighted by Gasteiger charge is -2.19. The van der Waals surface area contributed by atoms with E-state index in [1.165, 1.54) is 18.6 Å². The molecule has 20 heavy (non-hydrogen) atoms. The number of rotatable bonds is 3.